The zero-order valence-corrected chi connectivity index (χ0v) is 35.2. The summed E-state index contributed by atoms with van der Waals surface area (Å²) in [5.41, 5.74) is 11.5. The molecule has 0 saturated heterocycles. The van der Waals surface area contributed by atoms with E-state index >= 15 is 0 Å². The minimum atomic E-state index is -0.339. The average molecular weight is 825 g/mol. The number of ether oxygens (including phenoxy) is 1. The molecule has 0 amide bonds. The summed E-state index contributed by atoms with van der Waals surface area (Å²) in [6.07, 6.45) is 0. The molecule has 7 nitrogen and oxygen atoms in total. The Morgan fingerprint density at radius 3 is 0.797 bits per heavy atom. The normalized spacial score (nSPS) is 12.5. The third-order valence-corrected chi connectivity index (χ3v) is 11.9. The maximum absolute atomic E-state index is 7.11. The van der Waals surface area contributed by atoms with Crippen molar-refractivity contribution in [2.24, 2.45) is 0 Å². The highest BCUT2D eigenvalue weighted by atomic mass is 16.5. The molecule has 1 aliphatic rings. The first-order valence-corrected chi connectivity index (χ1v) is 21.4. The summed E-state index contributed by atoms with van der Waals surface area (Å²) in [5.74, 6) is 5.44. The average Bonchev–Trinajstić information content (AvgIpc) is 3.37. The maximum Gasteiger partial charge on any atom is 0.164 e. The van der Waals surface area contributed by atoms with E-state index in [2.05, 4.69) is 98.8 Å². The van der Waals surface area contributed by atoms with Crippen molar-refractivity contribution >= 4 is 0 Å². The molecule has 304 valence electrons. The fraction of sp³-hybridized carbons (Fsp3) is 0.0526. The Morgan fingerprint density at radius 2 is 0.516 bits per heavy atom. The van der Waals surface area contributed by atoms with Crippen LogP contribution >= 0.6 is 0 Å². The molecule has 0 fully saturated rings. The predicted molar refractivity (Wildman–Crippen MR) is 255 cm³/mol. The monoisotopic (exact) mass is 824 g/mol. The second kappa shape index (κ2) is 16.1. The standard InChI is InChI=1S/C57H40N6O/c1-57(2)47-27-15-25-45(37-29-33-43(34-30-37)55-60-51(39-17-7-3-8-18-39)58-52(61-55)40-19-9-4-10-20-40)49(47)64-50-46(26-16-28-48(50)57)38-31-35-44(36-32-38)56-62-53(41-21-11-5-12-22-41)59-54(63-56)42-23-13-6-14-24-42/h3-36H,1-2H3. The largest absolute Gasteiger partial charge is 0.455 e. The summed E-state index contributed by atoms with van der Waals surface area (Å²) in [4.78, 5) is 29.6. The maximum atomic E-state index is 7.11. The number of benzene rings is 8. The van der Waals surface area contributed by atoms with Gasteiger partial charge >= 0.3 is 0 Å². The van der Waals surface area contributed by atoms with Gasteiger partial charge in [0.15, 0.2) is 34.9 Å². The molecule has 8 aromatic carbocycles. The Morgan fingerprint density at radius 1 is 0.266 bits per heavy atom. The van der Waals surface area contributed by atoms with Crippen molar-refractivity contribution in [1.29, 1.82) is 0 Å². The summed E-state index contributed by atoms with van der Waals surface area (Å²) < 4.78 is 7.11. The van der Waals surface area contributed by atoms with Crippen molar-refractivity contribution in [2.45, 2.75) is 19.3 Å². The van der Waals surface area contributed by atoms with E-state index in [-0.39, 0.29) is 5.41 Å². The smallest absolute Gasteiger partial charge is 0.164 e. The Bertz CT molecular complexity index is 2950. The molecule has 7 heteroatoms. The van der Waals surface area contributed by atoms with Crippen LogP contribution in [0.3, 0.4) is 0 Å². The molecule has 2 aromatic heterocycles. The molecule has 10 aromatic rings. The Hall–Kier alpha value is -8.42. The number of nitrogens with zero attached hydrogens (tertiary/aromatic N) is 6. The third kappa shape index (κ3) is 7.19. The minimum Gasteiger partial charge on any atom is -0.455 e. The molecule has 1 aliphatic heterocycles. The molecule has 0 N–H and O–H groups in total. The summed E-state index contributed by atoms with van der Waals surface area (Å²) >= 11 is 0. The van der Waals surface area contributed by atoms with E-state index in [1.54, 1.807) is 0 Å². The SMILES string of the molecule is CC1(C)c2cccc(-c3ccc(-c4nc(-c5ccccc5)nc(-c5ccccc5)n4)cc3)c2Oc2c(-c3ccc(-c4nc(-c5ccccc5)nc(-c5ccccc5)n4)cc3)cccc21. The number of fused-ring (bicyclic) bond motifs is 2. The van der Waals surface area contributed by atoms with Crippen LogP contribution in [-0.2, 0) is 5.41 Å². The highest BCUT2D eigenvalue weighted by molar-refractivity contribution is 5.82. The van der Waals surface area contributed by atoms with E-state index in [0.29, 0.717) is 34.9 Å². The molecule has 0 saturated carbocycles. The lowest BCUT2D eigenvalue weighted by molar-refractivity contribution is 0.421. The fourth-order valence-electron chi connectivity index (χ4n) is 8.45. The lowest BCUT2D eigenvalue weighted by Gasteiger charge is -2.36. The summed E-state index contributed by atoms with van der Waals surface area (Å²) in [7, 11) is 0. The first-order chi connectivity index (χ1) is 31.5. The lowest BCUT2D eigenvalue weighted by atomic mass is 9.74. The van der Waals surface area contributed by atoms with Gasteiger partial charge in [-0.15, -0.1) is 0 Å². The van der Waals surface area contributed by atoms with Crippen LogP contribution in [0.5, 0.6) is 11.5 Å². The van der Waals surface area contributed by atoms with Gasteiger partial charge in [-0.2, -0.15) is 0 Å². The van der Waals surface area contributed by atoms with Crippen molar-refractivity contribution in [3.8, 4) is 102 Å². The molecule has 0 unspecified atom stereocenters. The summed E-state index contributed by atoms with van der Waals surface area (Å²) in [6, 6.07) is 69.9. The molecule has 64 heavy (non-hydrogen) atoms. The van der Waals surface area contributed by atoms with Crippen molar-refractivity contribution in [1.82, 2.24) is 29.9 Å². The molecule has 0 radical (unpaired) electrons. The predicted octanol–water partition coefficient (Wildman–Crippen LogP) is 13.8. The van der Waals surface area contributed by atoms with E-state index in [1.165, 1.54) is 0 Å². The van der Waals surface area contributed by atoms with Crippen molar-refractivity contribution in [3.05, 3.63) is 217 Å². The van der Waals surface area contributed by atoms with Gasteiger partial charge in [0.25, 0.3) is 0 Å². The first kappa shape index (κ1) is 38.5. The first-order valence-electron chi connectivity index (χ1n) is 21.4. The van der Waals surface area contributed by atoms with Gasteiger partial charge in [0.05, 0.1) is 0 Å². The van der Waals surface area contributed by atoms with Crippen LogP contribution in [0.2, 0.25) is 0 Å². The van der Waals surface area contributed by atoms with Crippen LogP contribution in [0.4, 0.5) is 0 Å². The van der Waals surface area contributed by atoms with Gasteiger partial charge in [-0.3, -0.25) is 0 Å². The summed E-state index contributed by atoms with van der Waals surface area (Å²) in [6.45, 7) is 4.55. The molecule has 3 heterocycles. The molecule has 0 bridgehead atoms. The molecule has 0 spiro atoms. The molecule has 11 rings (SSSR count). The van der Waals surface area contributed by atoms with Crippen LogP contribution in [0, 0.1) is 0 Å². The lowest BCUT2D eigenvalue weighted by Crippen LogP contribution is -2.25. The molecule has 0 atom stereocenters. The van der Waals surface area contributed by atoms with Crippen LogP contribution < -0.4 is 4.74 Å². The summed E-state index contributed by atoms with van der Waals surface area (Å²) in [5, 5.41) is 0. The van der Waals surface area contributed by atoms with Gasteiger partial charge in [-0.25, -0.2) is 29.9 Å². The quantitative estimate of drug-likeness (QED) is 0.151. The topological polar surface area (TPSA) is 86.6 Å². The second-order valence-electron chi connectivity index (χ2n) is 16.3. The van der Waals surface area contributed by atoms with Crippen molar-refractivity contribution < 1.29 is 4.74 Å². The van der Waals surface area contributed by atoms with E-state index in [0.717, 1.165) is 78.3 Å². The van der Waals surface area contributed by atoms with Crippen molar-refractivity contribution in [2.75, 3.05) is 0 Å². The number of hydrogen-bond donors (Lipinski definition) is 0. The van der Waals surface area contributed by atoms with E-state index in [1.807, 2.05) is 121 Å². The van der Waals surface area contributed by atoms with Gasteiger partial charge in [0.2, 0.25) is 0 Å². The number of para-hydroxylation sites is 2. The number of aromatic nitrogens is 6. The Labute approximate surface area is 371 Å². The molecule has 0 aliphatic carbocycles. The van der Waals surface area contributed by atoms with Gasteiger partial charge < -0.3 is 4.74 Å². The van der Waals surface area contributed by atoms with E-state index < -0.39 is 0 Å². The highest BCUT2D eigenvalue weighted by Crippen LogP contribution is 2.54. The van der Waals surface area contributed by atoms with Gasteiger partial charge in [-0.05, 0) is 11.1 Å². The minimum absolute atomic E-state index is 0.339. The second-order valence-corrected chi connectivity index (χ2v) is 16.3. The fourth-order valence-corrected chi connectivity index (χ4v) is 8.45. The Kier molecular flexibility index (Phi) is 9.70. The third-order valence-electron chi connectivity index (χ3n) is 11.9. The zero-order chi connectivity index (χ0) is 43.0. The van der Waals surface area contributed by atoms with Crippen LogP contribution in [0.25, 0.3) is 90.6 Å². The van der Waals surface area contributed by atoms with Gasteiger partial charge in [0, 0.05) is 61.0 Å². The zero-order valence-electron chi connectivity index (χ0n) is 35.2. The Balaban J connectivity index is 0.937. The van der Waals surface area contributed by atoms with Crippen LogP contribution in [0.15, 0.2) is 206 Å². The van der Waals surface area contributed by atoms with Crippen LogP contribution in [-0.4, -0.2) is 29.9 Å². The molecular formula is C57H40N6O. The van der Waals surface area contributed by atoms with Gasteiger partial charge in [0.1, 0.15) is 11.5 Å². The van der Waals surface area contributed by atoms with E-state index in [4.69, 9.17) is 34.6 Å². The van der Waals surface area contributed by atoms with Gasteiger partial charge in [-0.1, -0.05) is 220 Å². The molecular weight excluding hydrogens is 785 g/mol. The number of rotatable bonds is 8. The van der Waals surface area contributed by atoms with E-state index in [9.17, 15) is 0 Å². The highest BCUT2D eigenvalue weighted by Gasteiger charge is 2.37. The van der Waals surface area contributed by atoms with Crippen molar-refractivity contribution in [3.63, 3.8) is 0 Å². The van der Waals surface area contributed by atoms with Crippen LogP contribution in [0.1, 0.15) is 25.0 Å². The number of hydrogen-bond acceptors (Lipinski definition) is 7.